The van der Waals surface area contributed by atoms with Crippen LogP contribution >= 0.6 is 27.7 Å². The lowest BCUT2D eigenvalue weighted by atomic mass is 10.4. The summed E-state index contributed by atoms with van der Waals surface area (Å²) in [5.74, 6) is -0.931. The Labute approximate surface area is 88.8 Å². The molecule has 0 atom stereocenters. The summed E-state index contributed by atoms with van der Waals surface area (Å²) in [7, 11) is 0. The summed E-state index contributed by atoms with van der Waals surface area (Å²) in [4.78, 5) is 11.2. The van der Waals surface area contributed by atoms with Crippen LogP contribution in [0.5, 0.6) is 0 Å². The van der Waals surface area contributed by atoms with Gasteiger partial charge < -0.3 is 5.11 Å². The molecule has 0 aliphatic carbocycles. The minimum Gasteiger partial charge on any atom is -0.478 e. The molecule has 0 spiro atoms. The molecule has 0 aliphatic heterocycles. The van der Waals surface area contributed by atoms with Crippen LogP contribution in [0.1, 0.15) is 0 Å². The average Bonchev–Trinajstić information content (AvgIpc) is 2.08. The fraction of sp³-hybridized carbons (Fsp3) is 0. The topological polar surface area (TPSA) is 37.3 Å². The van der Waals surface area contributed by atoms with Gasteiger partial charge in [-0.1, -0.05) is 23.9 Å². The average molecular weight is 259 g/mol. The molecule has 0 amide bonds. The van der Waals surface area contributed by atoms with Gasteiger partial charge in [-0.3, -0.25) is 0 Å². The molecule has 0 saturated heterocycles. The molecule has 0 heterocycles. The summed E-state index contributed by atoms with van der Waals surface area (Å²) in [5, 5.41) is 9.89. The van der Waals surface area contributed by atoms with Gasteiger partial charge in [0.15, 0.2) is 0 Å². The molecule has 68 valence electrons. The van der Waals surface area contributed by atoms with Crippen molar-refractivity contribution >= 4 is 33.7 Å². The number of hydrogen-bond acceptors (Lipinski definition) is 2. The Balaban J connectivity index is 2.64. The van der Waals surface area contributed by atoms with Crippen molar-refractivity contribution in [1.82, 2.24) is 0 Å². The van der Waals surface area contributed by atoms with Crippen molar-refractivity contribution in [1.29, 1.82) is 0 Å². The largest absolute Gasteiger partial charge is 0.478 e. The third-order valence-electron chi connectivity index (χ3n) is 1.24. The standard InChI is InChI=1S/C9H7BrO2S/c10-7-3-1-2-4-8(7)13-6-5-9(11)12/h1-6H,(H,11,12). The van der Waals surface area contributed by atoms with Crippen molar-refractivity contribution in [3.63, 3.8) is 0 Å². The predicted molar refractivity (Wildman–Crippen MR) is 56.8 cm³/mol. The van der Waals surface area contributed by atoms with E-state index in [1.807, 2.05) is 24.3 Å². The van der Waals surface area contributed by atoms with Crippen LogP contribution in [0.25, 0.3) is 0 Å². The van der Waals surface area contributed by atoms with Crippen molar-refractivity contribution in [3.05, 3.63) is 40.2 Å². The Hall–Kier alpha value is -0.740. The second-order valence-corrected chi connectivity index (χ2v) is 3.99. The first kappa shape index (κ1) is 10.3. The quantitative estimate of drug-likeness (QED) is 0.669. The zero-order valence-electron chi connectivity index (χ0n) is 6.61. The molecule has 1 aromatic rings. The molecule has 0 unspecified atom stereocenters. The minimum atomic E-state index is -0.931. The molecular formula is C9H7BrO2S. The van der Waals surface area contributed by atoms with Gasteiger partial charge in [-0.15, -0.1) is 0 Å². The van der Waals surface area contributed by atoms with Gasteiger partial charge in [0.2, 0.25) is 0 Å². The Morgan fingerprint density at radius 2 is 2.15 bits per heavy atom. The lowest BCUT2D eigenvalue weighted by Gasteiger charge is -1.97. The first-order chi connectivity index (χ1) is 6.20. The highest BCUT2D eigenvalue weighted by Crippen LogP contribution is 2.27. The van der Waals surface area contributed by atoms with E-state index in [9.17, 15) is 4.79 Å². The summed E-state index contributed by atoms with van der Waals surface area (Å²) in [6.45, 7) is 0. The maximum absolute atomic E-state index is 10.2. The molecule has 13 heavy (non-hydrogen) atoms. The Morgan fingerprint density at radius 1 is 1.46 bits per heavy atom. The monoisotopic (exact) mass is 258 g/mol. The molecule has 0 radical (unpaired) electrons. The lowest BCUT2D eigenvalue weighted by molar-refractivity contribution is -0.131. The third-order valence-corrected chi connectivity index (χ3v) is 3.08. The molecule has 0 bridgehead atoms. The molecular weight excluding hydrogens is 252 g/mol. The van der Waals surface area contributed by atoms with E-state index in [2.05, 4.69) is 15.9 Å². The number of benzene rings is 1. The number of carbonyl (C=O) groups is 1. The van der Waals surface area contributed by atoms with Crippen LogP contribution in [0.2, 0.25) is 0 Å². The van der Waals surface area contributed by atoms with Crippen LogP contribution in [-0.4, -0.2) is 11.1 Å². The second-order valence-electron chi connectivity index (χ2n) is 2.19. The number of carboxylic acid groups (broad SMARTS) is 1. The molecule has 0 aromatic heterocycles. The first-order valence-electron chi connectivity index (χ1n) is 3.51. The fourth-order valence-electron chi connectivity index (χ4n) is 0.706. The summed E-state index contributed by atoms with van der Waals surface area (Å²) in [6.07, 6.45) is 1.12. The van der Waals surface area contributed by atoms with Crippen molar-refractivity contribution in [2.75, 3.05) is 0 Å². The predicted octanol–water partition coefficient (Wildman–Crippen LogP) is 3.14. The van der Waals surface area contributed by atoms with E-state index in [0.717, 1.165) is 15.4 Å². The molecule has 0 saturated carbocycles. The van der Waals surface area contributed by atoms with E-state index in [-0.39, 0.29) is 0 Å². The minimum absolute atomic E-state index is 0.931. The smallest absolute Gasteiger partial charge is 0.328 e. The van der Waals surface area contributed by atoms with Crippen molar-refractivity contribution in [2.45, 2.75) is 4.90 Å². The van der Waals surface area contributed by atoms with Gasteiger partial charge in [0.1, 0.15) is 0 Å². The van der Waals surface area contributed by atoms with Gasteiger partial charge in [0.05, 0.1) is 0 Å². The Morgan fingerprint density at radius 3 is 2.77 bits per heavy atom. The van der Waals surface area contributed by atoms with E-state index in [1.54, 1.807) is 5.41 Å². The second kappa shape index (κ2) is 5.09. The van der Waals surface area contributed by atoms with Crippen LogP contribution in [-0.2, 0) is 4.79 Å². The number of carboxylic acids is 1. The summed E-state index contributed by atoms with van der Waals surface area (Å²) >= 11 is 4.73. The van der Waals surface area contributed by atoms with Gasteiger partial charge in [0.25, 0.3) is 0 Å². The molecule has 2 nitrogen and oxygen atoms in total. The summed E-state index contributed by atoms with van der Waals surface area (Å²) < 4.78 is 0.968. The first-order valence-corrected chi connectivity index (χ1v) is 5.18. The van der Waals surface area contributed by atoms with E-state index >= 15 is 0 Å². The van der Waals surface area contributed by atoms with Gasteiger partial charge in [-0.05, 0) is 33.5 Å². The molecule has 1 N–H and O–H groups in total. The van der Waals surface area contributed by atoms with Gasteiger partial charge >= 0.3 is 5.97 Å². The summed E-state index contributed by atoms with van der Waals surface area (Å²) in [5.41, 5.74) is 0. The van der Waals surface area contributed by atoms with E-state index < -0.39 is 5.97 Å². The fourth-order valence-corrected chi connectivity index (χ4v) is 1.94. The van der Waals surface area contributed by atoms with Crippen molar-refractivity contribution < 1.29 is 9.90 Å². The van der Waals surface area contributed by atoms with Crippen LogP contribution in [0.4, 0.5) is 0 Å². The molecule has 0 aliphatic rings. The van der Waals surface area contributed by atoms with Gasteiger partial charge in [0, 0.05) is 15.4 Å². The molecule has 4 heteroatoms. The molecule has 0 fully saturated rings. The third kappa shape index (κ3) is 3.65. The van der Waals surface area contributed by atoms with Crippen molar-refractivity contribution in [2.24, 2.45) is 0 Å². The zero-order chi connectivity index (χ0) is 9.68. The van der Waals surface area contributed by atoms with Gasteiger partial charge in [-0.25, -0.2) is 4.79 Å². The highest BCUT2D eigenvalue weighted by molar-refractivity contribution is 9.10. The van der Waals surface area contributed by atoms with Crippen LogP contribution in [0.3, 0.4) is 0 Å². The van der Waals surface area contributed by atoms with E-state index in [4.69, 9.17) is 5.11 Å². The Bertz CT molecular complexity index is 336. The highest BCUT2D eigenvalue weighted by Gasteiger charge is 1.95. The van der Waals surface area contributed by atoms with Crippen LogP contribution < -0.4 is 0 Å². The zero-order valence-corrected chi connectivity index (χ0v) is 9.01. The van der Waals surface area contributed by atoms with Crippen molar-refractivity contribution in [3.8, 4) is 0 Å². The Kier molecular flexibility index (Phi) is 4.05. The normalized spacial score (nSPS) is 10.5. The van der Waals surface area contributed by atoms with Crippen LogP contribution in [0.15, 0.2) is 45.1 Å². The van der Waals surface area contributed by atoms with Crippen LogP contribution in [0, 0.1) is 0 Å². The maximum Gasteiger partial charge on any atom is 0.328 e. The van der Waals surface area contributed by atoms with Gasteiger partial charge in [-0.2, -0.15) is 0 Å². The van der Waals surface area contributed by atoms with E-state index in [0.29, 0.717) is 0 Å². The maximum atomic E-state index is 10.2. The number of hydrogen-bond donors (Lipinski definition) is 1. The summed E-state index contributed by atoms with van der Waals surface area (Å²) in [6, 6.07) is 7.65. The SMILES string of the molecule is O=C(O)C=CSc1ccccc1Br. The number of aliphatic carboxylic acids is 1. The van der Waals surface area contributed by atoms with E-state index in [1.165, 1.54) is 11.8 Å². The highest BCUT2D eigenvalue weighted by atomic mass is 79.9. The number of rotatable bonds is 3. The molecule has 1 rings (SSSR count). The number of thioether (sulfide) groups is 1. The number of halogens is 1. The molecule has 1 aromatic carbocycles. The lowest BCUT2D eigenvalue weighted by Crippen LogP contribution is -1.84.